The van der Waals surface area contributed by atoms with E-state index in [1.807, 2.05) is 30.3 Å². The molecule has 5 nitrogen and oxygen atoms in total. The van der Waals surface area contributed by atoms with Crippen LogP contribution < -0.4 is 0 Å². The number of benzene rings is 3. The van der Waals surface area contributed by atoms with Gasteiger partial charge < -0.3 is 9.47 Å². The predicted molar refractivity (Wildman–Crippen MR) is 131 cm³/mol. The highest BCUT2D eigenvalue weighted by atomic mass is 35.5. The maximum Gasteiger partial charge on any atom is 0.337 e. The Bertz CT molecular complexity index is 1410. The lowest BCUT2D eigenvalue weighted by Crippen LogP contribution is -2.41. The fourth-order valence-electron chi connectivity index (χ4n) is 4.44. The first-order chi connectivity index (χ1) is 17.2. The summed E-state index contributed by atoms with van der Waals surface area (Å²) in [6.45, 7) is 0.141. The largest absolute Gasteiger partial charge is 0.493 e. The van der Waals surface area contributed by atoms with Crippen molar-refractivity contribution in [3.05, 3.63) is 112 Å². The summed E-state index contributed by atoms with van der Waals surface area (Å²) in [6, 6.07) is 17.3. The van der Waals surface area contributed by atoms with E-state index in [2.05, 4.69) is 0 Å². The molecule has 1 unspecified atom stereocenters. The van der Waals surface area contributed by atoms with Gasteiger partial charge >= 0.3 is 5.97 Å². The van der Waals surface area contributed by atoms with Crippen LogP contribution in [0.1, 0.15) is 30.4 Å². The number of hydrogen-bond donors (Lipinski definition) is 0. The number of esters is 1. The van der Waals surface area contributed by atoms with Crippen molar-refractivity contribution in [1.82, 2.24) is 0 Å². The summed E-state index contributed by atoms with van der Waals surface area (Å²) in [5.41, 5.74) is 0.442. The molecule has 0 aromatic heterocycles. The van der Waals surface area contributed by atoms with E-state index in [9.17, 15) is 17.6 Å². The Morgan fingerprint density at radius 3 is 2.39 bits per heavy atom. The van der Waals surface area contributed by atoms with Crippen LogP contribution in [0, 0.1) is 11.6 Å². The van der Waals surface area contributed by atoms with Crippen molar-refractivity contribution < 1.29 is 31.5 Å². The number of carbonyl (C=O) groups is 1. The second-order valence-corrected chi connectivity index (χ2v) is 11.1. The molecule has 0 spiro atoms. The number of sulfone groups is 1. The molecule has 0 heterocycles. The lowest BCUT2D eigenvalue weighted by Gasteiger charge is -2.38. The Balaban J connectivity index is 1.86. The third kappa shape index (κ3) is 4.88. The van der Waals surface area contributed by atoms with E-state index in [1.54, 1.807) is 0 Å². The van der Waals surface area contributed by atoms with Crippen LogP contribution in [0.5, 0.6) is 0 Å². The molecule has 0 amide bonds. The summed E-state index contributed by atoms with van der Waals surface area (Å²) in [6.07, 6.45) is -0.627. The molecule has 0 aliphatic heterocycles. The molecular formula is C27H23ClF2O5S. The monoisotopic (exact) mass is 532 g/mol. The molecule has 0 N–H and O–H groups in total. The van der Waals surface area contributed by atoms with Gasteiger partial charge in [-0.2, -0.15) is 0 Å². The van der Waals surface area contributed by atoms with Gasteiger partial charge in [-0.3, -0.25) is 0 Å². The predicted octanol–water partition coefficient (Wildman–Crippen LogP) is 6.12. The van der Waals surface area contributed by atoms with Gasteiger partial charge in [-0.15, -0.1) is 0 Å². The summed E-state index contributed by atoms with van der Waals surface area (Å²) in [5.74, 6) is -2.24. The molecule has 1 aliphatic rings. The molecule has 9 heteroatoms. The number of halogens is 3. The Labute approximate surface area is 213 Å². The Morgan fingerprint density at radius 2 is 1.72 bits per heavy atom. The number of ether oxygens (including phenoxy) is 2. The molecule has 1 atom stereocenters. The second-order valence-electron chi connectivity index (χ2n) is 8.42. The van der Waals surface area contributed by atoms with E-state index >= 15 is 4.39 Å². The number of rotatable bonds is 7. The lowest BCUT2D eigenvalue weighted by atomic mass is 9.81. The van der Waals surface area contributed by atoms with Crippen molar-refractivity contribution in [3.63, 3.8) is 0 Å². The van der Waals surface area contributed by atoms with Crippen LogP contribution in [0.15, 0.2) is 89.0 Å². The number of methoxy groups -OCH3 is 1. The molecule has 36 heavy (non-hydrogen) atoms. The molecule has 4 rings (SSSR count). The van der Waals surface area contributed by atoms with Crippen molar-refractivity contribution in [2.45, 2.75) is 35.5 Å². The van der Waals surface area contributed by atoms with Crippen molar-refractivity contribution in [2.24, 2.45) is 0 Å². The van der Waals surface area contributed by atoms with Crippen molar-refractivity contribution >= 4 is 27.4 Å². The summed E-state index contributed by atoms with van der Waals surface area (Å²) < 4.78 is 66.5. The highest BCUT2D eigenvalue weighted by Crippen LogP contribution is 2.50. The van der Waals surface area contributed by atoms with Gasteiger partial charge in [-0.1, -0.05) is 41.9 Å². The molecule has 1 aliphatic carbocycles. The minimum absolute atomic E-state index is 0.0138. The SMILES string of the molecule is COC(=O)C1=C(OCc2ccccc2)CCC(c2cc(F)ccc2F)(S(=O)(=O)c2ccc(Cl)cc2)C1. The van der Waals surface area contributed by atoms with E-state index in [0.717, 1.165) is 30.9 Å². The highest BCUT2D eigenvalue weighted by molar-refractivity contribution is 7.92. The van der Waals surface area contributed by atoms with Gasteiger partial charge in [-0.25, -0.2) is 22.0 Å². The first-order valence-corrected chi connectivity index (χ1v) is 13.0. The molecule has 0 radical (unpaired) electrons. The Hall–Kier alpha value is -3.23. The summed E-state index contributed by atoms with van der Waals surface area (Å²) in [4.78, 5) is 12.7. The number of hydrogen-bond acceptors (Lipinski definition) is 5. The zero-order valence-corrected chi connectivity index (χ0v) is 20.9. The summed E-state index contributed by atoms with van der Waals surface area (Å²) in [5, 5.41) is 0.315. The van der Waals surface area contributed by atoms with E-state index < -0.39 is 38.6 Å². The average molecular weight is 533 g/mol. The van der Waals surface area contributed by atoms with Gasteiger partial charge in [0.15, 0.2) is 9.84 Å². The molecule has 0 saturated heterocycles. The van der Waals surface area contributed by atoms with Gasteiger partial charge in [0.2, 0.25) is 0 Å². The minimum atomic E-state index is -4.36. The van der Waals surface area contributed by atoms with Gasteiger partial charge in [0.05, 0.1) is 17.6 Å². The maximum absolute atomic E-state index is 15.2. The molecule has 3 aromatic rings. The first kappa shape index (κ1) is 25.9. The van der Waals surface area contributed by atoms with Crippen LogP contribution in [-0.4, -0.2) is 21.5 Å². The maximum atomic E-state index is 15.2. The van der Waals surface area contributed by atoms with Crippen molar-refractivity contribution in [1.29, 1.82) is 0 Å². The van der Waals surface area contributed by atoms with E-state index in [-0.39, 0.29) is 41.2 Å². The van der Waals surface area contributed by atoms with Gasteiger partial charge in [0, 0.05) is 23.4 Å². The molecule has 0 fully saturated rings. The molecular weight excluding hydrogens is 510 g/mol. The van der Waals surface area contributed by atoms with Crippen LogP contribution in [0.3, 0.4) is 0 Å². The zero-order chi connectivity index (χ0) is 25.9. The molecule has 0 bridgehead atoms. The van der Waals surface area contributed by atoms with Crippen LogP contribution in [0.4, 0.5) is 8.78 Å². The number of carbonyl (C=O) groups excluding carboxylic acids is 1. The normalized spacial score (nSPS) is 18.1. The topological polar surface area (TPSA) is 69.7 Å². The van der Waals surface area contributed by atoms with Crippen LogP contribution in [0.2, 0.25) is 5.02 Å². The molecule has 3 aromatic carbocycles. The van der Waals surface area contributed by atoms with E-state index in [1.165, 1.54) is 24.3 Å². The molecule has 188 valence electrons. The second kappa shape index (κ2) is 10.4. The van der Waals surface area contributed by atoms with Gasteiger partial charge in [-0.05, 0) is 54.4 Å². The summed E-state index contributed by atoms with van der Waals surface area (Å²) in [7, 11) is -3.20. The summed E-state index contributed by atoms with van der Waals surface area (Å²) >= 11 is 5.94. The fraction of sp³-hybridized carbons (Fsp3) is 0.222. The smallest absolute Gasteiger partial charge is 0.337 e. The van der Waals surface area contributed by atoms with Crippen LogP contribution >= 0.6 is 11.6 Å². The minimum Gasteiger partial charge on any atom is -0.493 e. The van der Waals surface area contributed by atoms with Gasteiger partial charge in [0.25, 0.3) is 0 Å². The Kier molecular flexibility index (Phi) is 7.47. The van der Waals surface area contributed by atoms with Crippen LogP contribution in [0.25, 0.3) is 0 Å². The average Bonchev–Trinajstić information content (AvgIpc) is 2.89. The Morgan fingerprint density at radius 1 is 1.03 bits per heavy atom. The fourth-order valence-corrected chi connectivity index (χ4v) is 6.66. The quantitative estimate of drug-likeness (QED) is 0.343. The van der Waals surface area contributed by atoms with Crippen molar-refractivity contribution in [2.75, 3.05) is 7.11 Å². The third-order valence-corrected chi connectivity index (χ3v) is 9.04. The third-order valence-electron chi connectivity index (χ3n) is 6.30. The number of allylic oxidation sites excluding steroid dienone is 1. The zero-order valence-electron chi connectivity index (χ0n) is 19.3. The standard InChI is InChI=1S/C27H23ClF2O5S/c1-34-26(31)22-16-27(23-15-20(29)9-12-24(23)30,36(32,33)21-10-7-19(28)8-11-21)14-13-25(22)35-17-18-5-3-2-4-6-18/h2-12,15H,13-14,16-17H2,1H3. The van der Waals surface area contributed by atoms with E-state index in [4.69, 9.17) is 21.1 Å². The molecule has 0 saturated carbocycles. The lowest BCUT2D eigenvalue weighted by molar-refractivity contribution is -0.136. The first-order valence-electron chi connectivity index (χ1n) is 11.1. The van der Waals surface area contributed by atoms with Gasteiger partial charge in [0.1, 0.15) is 28.7 Å². The highest BCUT2D eigenvalue weighted by Gasteiger charge is 2.52. The van der Waals surface area contributed by atoms with E-state index in [0.29, 0.717) is 5.02 Å². The van der Waals surface area contributed by atoms with Crippen molar-refractivity contribution in [3.8, 4) is 0 Å². The van der Waals surface area contributed by atoms with Crippen LogP contribution in [-0.2, 0) is 35.5 Å².